The fourth-order valence-corrected chi connectivity index (χ4v) is 4.33. The van der Waals surface area contributed by atoms with Crippen molar-refractivity contribution in [3.8, 4) is 0 Å². The summed E-state index contributed by atoms with van der Waals surface area (Å²) in [4.78, 5) is 12.0. The lowest BCUT2D eigenvalue weighted by molar-refractivity contribution is -0.0440. The molecule has 1 aromatic carbocycles. The van der Waals surface area contributed by atoms with Crippen molar-refractivity contribution >= 4 is 21.7 Å². The maximum atomic E-state index is 12.4. The zero-order valence-corrected chi connectivity index (χ0v) is 16.0. The van der Waals surface area contributed by atoms with Crippen LogP contribution in [0.25, 0.3) is 0 Å². The van der Waals surface area contributed by atoms with Gasteiger partial charge in [-0.1, -0.05) is 12.1 Å². The molecule has 1 aliphatic heterocycles. The number of anilines is 1. The molecule has 2 amide bonds. The number of nitrogens with one attached hydrogen (secondary N) is 2. The highest BCUT2D eigenvalue weighted by molar-refractivity contribution is 7.89. The maximum absolute atomic E-state index is 12.4. The molecule has 0 aromatic heterocycles. The lowest BCUT2D eigenvalue weighted by atomic mass is 10.1. The molecule has 2 unspecified atom stereocenters. The fraction of sp³-hybridized carbons (Fsp3) is 0.588. The Morgan fingerprint density at radius 3 is 2.52 bits per heavy atom. The van der Waals surface area contributed by atoms with Gasteiger partial charge in [0.2, 0.25) is 10.0 Å². The minimum absolute atomic E-state index is 0.0547. The molecule has 1 aliphatic rings. The summed E-state index contributed by atoms with van der Waals surface area (Å²) >= 11 is 0. The SMILES string of the molecule is Cc1cccc(NC(=O)NCCS(=O)(=O)N2CC(C)OC(C)C2)c1C. The number of amides is 2. The van der Waals surface area contributed by atoms with Gasteiger partial charge in [-0.3, -0.25) is 0 Å². The second-order valence-electron chi connectivity index (χ2n) is 6.52. The van der Waals surface area contributed by atoms with Crippen LogP contribution in [0.3, 0.4) is 0 Å². The van der Waals surface area contributed by atoms with Crippen LogP contribution in [0, 0.1) is 13.8 Å². The van der Waals surface area contributed by atoms with Crippen molar-refractivity contribution in [2.75, 3.05) is 30.7 Å². The van der Waals surface area contributed by atoms with Crippen molar-refractivity contribution in [3.63, 3.8) is 0 Å². The average Bonchev–Trinajstić information content (AvgIpc) is 2.51. The molecule has 0 spiro atoms. The highest BCUT2D eigenvalue weighted by Crippen LogP contribution is 2.18. The number of carbonyl (C=O) groups excluding carboxylic acids is 1. The molecule has 7 nitrogen and oxygen atoms in total. The van der Waals surface area contributed by atoms with Crippen molar-refractivity contribution in [3.05, 3.63) is 29.3 Å². The molecule has 1 saturated heterocycles. The maximum Gasteiger partial charge on any atom is 0.319 e. The molecular formula is C17H27N3O4S. The Morgan fingerprint density at radius 1 is 1.24 bits per heavy atom. The van der Waals surface area contributed by atoms with E-state index >= 15 is 0 Å². The van der Waals surface area contributed by atoms with Crippen LogP contribution < -0.4 is 10.6 Å². The van der Waals surface area contributed by atoms with Crippen LogP contribution in [0.4, 0.5) is 10.5 Å². The molecule has 2 N–H and O–H groups in total. The summed E-state index contributed by atoms with van der Waals surface area (Å²) in [5, 5.41) is 5.36. The summed E-state index contributed by atoms with van der Waals surface area (Å²) in [7, 11) is -3.42. The summed E-state index contributed by atoms with van der Waals surface area (Å²) in [6.45, 7) is 8.36. The van der Waals surface area contributed by atoms with E-state index in [2.05, 4.69) is 10.6 Å². The number of benzene rings is 1. The molecule has 0 radical (unpaired) electrons. The Morgan fingerprint density at radius 2 is 1.88 bits per heavy atom. The number of aryl methyl sites for hydroxylation is 1. The van der Waals surface area contributed by atoms with Crippen LogP contribution in [0.5, 0.6) is 0 Å². The molecule has 0 bridgehead atoms. The first-order valence-corrected chi connectivity index (χ1v) is 10.0. The van der Waals surface area contributed by atoms with Crippen molar-refractivity contribution in [2.45, 2.75) is 39.9 Å². The van der Waals surface area contributed by atoms with E-state index < -0.39 is 16.1 Å². The first-order valence-electron chi connectivity index (χ1n) is 8.43. The Kier molecular flexibility index (Phi) is 6.42. The number of nitrogens with zero attached hydrogens (tertiary/aromatic N) is 1. The van der Waals surface area contributed by atoms with Gasteiger partial charge >= 0.3 is 6.03 Å². The van der Waals surface area contributed by atoms with Crippen LogP contribution in [-0.4, -0.2) is 56.3 Å². The summed E-state index contributed by atoms with van der Waals surface area (Å²) in [5.41, 5.74) is 2.79. The predicted octanol–water partition coefficient (Wildman–Crippen LogP) is 1.86. The van der Waals surface area contributed by atoms with Gasteiger partial charge in [0.15, 0.2) is 0 Å². The first kappa shape index (κ1) is 19.7. The van der Waals surface area contributed by atoms with Gasteiger partial charge in [-0.25, -0.2) is 13.2 Å². The van der Waals surface area contributed by atoms with Crippen molar-refractivity contribution < 1.29 is 17.9 Å². The van der Waals surface area contributed by atoms with Gasteiger partial charge in [-0.05, 0) is 44.9 Å². The number of hydrogen-bond donors (Lipinski definition) is 2. The van der Waals surface area contributed by atoms with Gasteiger partial charge in [0.25, 0.3) is 0 Å². The number of hydrogen-bond acceptors (Lipinski definition) is 4. The Balaban J connectivity index is 1.85. The molecule has 1 fully saturated rings. The Bertz CT molecular complexity index is 711. The number of urea groups is 1. The van der Waals surface area contributed by atoms with E-state index in [0.717, 1.165) is 16.8 Å². The fourth-order valence-electron chi connectivity index (χ4n) is 2.83. The van der Waals surface area contributed by atoms with E-state index in [1.807, 2.05) is 45.9 Å². The van der Waals surface area contributed by atoms with Gasteiger partial charge < -0.3 is 15.4 Å². The predicted molar refractivity (Wildman–Crippen MR) is 98.3 cm³/mol. The minimum atomic E-state index is -3.42. The number of ether oxygens (including phenoxy) is 1. The lowest BCUT2D eigenvalue weighted by Crippen LogP contribution is -2.49. The lowest BCUT2D eigenvalue weighted by Gasteiger charge is -2.34. The van der Waals surface area contributed by atoms with Crippen molar-refractivity contribution in [2.24, 2.45) is 0 Å². The van der Waals surface area contributed by atoms with Crippen molar-refractivity contribution in [1.82, 2.24) is 9.62 Å². The number of sulfonamides is 1. The van der Waals surface area contributed by atoms with Crippen LogP contribution >= 0.6 is 0 Å². The van der Waals surface area contributed by atoms with Gasteiger partial charge in [0.05, 0.1) is 18.0 Å². The molecule has 1 aromatic rings. The van der Waals surface area contributed by atoms with Crippen LogP contribution in [0.15, 0.2) is 18.2 Å². The molecule has 25 heavy (non-hydrogen) atoms. The van der Waals surface area contributed by atoms with Crippen molar-refractivity contribution in [1.29, 1.82) is 0 Å². The van der Waals surface area contributed by atoms with Crippen LogP contribution in [0.2, 0.25) is 0 Å². The van der Waals surface area contributed by atoms with E-state index in [1.165, 1.54) is 4.31 Å². The van der Waals surface area contributed by atoms with E-state index in [-0.39, 0.29) is 24.5 Å². The smallest absolute Gasteiger partial charge is 0.319 e. The quantitative estimate of drug-likeness (QED) is 0.829. The van der Waals surface area contributed by atoms with Crippen LogP contribution in [-0.2, 0) is 14.8 Å². The third-order valence-corrected chi connectivity index (χ3v) is 6.08. The van der Waals surface area contributed by atoms with Gasteiger partial charge in [0.1, 0.15) is 0 Å². The molecule has 140 valence electrons. The standard InChI is InChI=1S/C17H27N3O4S/c1-12-6-5-7-16(15(12)4)19-17(21)18-8-9-25(22,23)20-10-13(2)24-14(3)11-20/h5-7,13-14H,8-11H2,1-4H3,(H2,18,19,21). The number of carbonyl (C=O) groups is 1. The largest absolute Gasteiger partial charge is 0.373 e. The summed E-state index contributed by atoms with van der Waals surface area (Å²) in [5.74, 6) is -0.132. The normalized spacial score (nSPS) is 21.8. The zero-order valence-electron chi connectivity index (χ0n) is 15.2. The second-order valence-corrected chi connectivity index (χ2v) is 8.61. The molecular weight excluding hydrogens is 342 g/mol. The van der Waals surface area contributed by atoms with Crippen LogP contribution in [0.1, 0.15) is 25.0 Å². The third-order valence-electron chi connectivity index (χ3n) is 4.28. The molecule has 2 rings (SSSR count). The average molecular weight is 369 g/mol. The molecule has 0 aliphatic carbocycles. The zero-order chi connectivity index (χ0) is 18.6. The van der Waals surface area contributed by atoms with Gasteiger partial charge in [0, 0.05) is 25.3 Å². The first-order chi connectivity index (χ1) is 11.7. The highest BCUT2D eigenvalue weighted by atomic mass is 32.2. The van der Waals surface area contributed by atoms with E-state index in [4.69, 9.17) is 4.74 Å². The molecule has 0 saturated carbocycles. The summed E-state index contributed by atoms with van der Waals surface area (Å²) in [6.07, 6.45) is -0.252. The Hall–Kier alpha value is -1.64. The summed E-state index contributed by atoms with van der Waals surface area (Å²) in [6, 6.07) is 5.24. The topological polar surface area (TPSA) is 87.7 Å². The highest BCUT2D eigenvalue weighted by Gasteiger charge is 2.30. The van der Waals surface area contributed by atoms with E-state index in [9.17, 15) is 13.2 Å². The minimum Gasteiger partial charge on any atom is -0.373 e. The summed E-state index contributed by atoms with van der Waals surface area (Å²) < 4.78 is 31.8. The second kappa shape index (κ2) is 8.16. The van der Waals surface area contributed by atoms with Gasteiger partial charge in [-0.15, -0.1) is 0 Å². The van der Waals surface area contributed by atoms with Gasteiger partial charge in [-0.2, -0.15) is 4.31 Å². The number of morpholine rings is 1. The molecule has 8 heteroatoms. The van der Waals surface area contributed by atoms with E-state index in [0.29, 0.717) is 13.1 Å². The monoisotopic (exact) mass is 369 g/mol. The third kappa shape index (κ3) is 5.42. The number of rotatable bonds is 5. The Labute approximate surface area is 149 Å². The molecule has 1 heterocycles. The van der Waals surface area contributed by atoms with E-state index in [1.54, 1.807) is 0 Å². The molecule has 2 atom stereocenters.